The second-order valence-electron chi connectivity index (χ2n) is 6.85. The standard InChI is InChI=1S/C24H20F3NO4S/c1-31-23(30)22(29)28(15-16-3-13-21(33-2)14-4-16)19-9-5-17(6-10-19)18-7-11-20(12-8-18)32-24(25,26)27/h3-14H,15H2,1-2H3. The molecule has 0 saturated heterocycles. The van der Waals surface area contributed by atoms with Gasteiger partial charge in [-0.3, -0.25) is 9.69 Å². The lowest BCUT2D eigenvalue weighted by atomic mass is 10.0. The summed E-state index contributed by atoms with van der Waals surface area (Å²) in [5.74, 6) is -2.11. The van der Waals surface area contributed by atoms with Crippen LogP contribution in [-0.4, -0.2) is 31.6 Å². The number of ether oxygens (including phenoxy) is 2. The van der Waals surface area contributed by atoms with Crippen molar-refractivity contribution in [3.8, 4) is 16.9 Å². The number of thioether (sulfide) groups is 1. The van der Waals surface area contributed by atoms with Crippen LogP contribution >= 0.6 is 11.8 Å². The van der Waals surface area contributed by atoms with E-state index in [0.717, 1.165) is 17.6 Å². The van der Waals surface area contributed by atoms with Crippen molar-refractivity contribution >= 4 is 29.3 Å². The van der Waals surface area contributed by atoms with Crippen LogP contribution < -0.4 is 9.64 Å². The van der Waals surface area contributed by atoms with E-state index in [1.54, 1.807) is 36.0 Å². The molecule has 3 aromatic rings. The highest BCUT2D eigenvalue weighted by atomic mass is 32.2. The highest BCUT2D eigenvalue weighted by molar-refractivity contribution is 7.98. The molecule has 3 rings (SSSR count). The number of amides is 1. The third-order valence-electron chi connectivity index (χ3n) is 4.71. The van der Waals surface area contributed by atoms with Gasteiger partial charge in [0.15, 0.2) is 0 Å². The zero-order valence-corrected chi connectivity index (χ0v) is 18.6. The second-order valence-corrected chi connectivity index (χ2v) is 7.73. The Morgan fingerprint density at radius 1 is 0.879 bits per heavy atom. The molecule has 0 saturated carbocycles. The van der Waals surface area contributed by atoms with Gasteiger partial charge in [-0.25, -0.2) is 4.79 Å². The average Bonchev–Trinajstić information content (AvgIpc) is 2.81. The fraction of sp³-hybridized carbons (Fsp3) is 0.167. The van der Waals surface area contributed by atoms with Crippen LogP contribution in [0, 0.1) is 0 Å². The minimum absolute atomic E-state index is 0.158. The number of anilines is 1. The summed E-state index contributed by atoms with van der Waals surface area (Å²) < 4.78 is 45.5. The van der Waals surface area contributed by atoms with Gasteiger partial charge < -0.3 is 9.47 Å². The quantitative estimate of drug-likeness (QED) is 0.261. The first kappa shape index (κ1) is 24.2. The molecule has 0 unspecified atom stereocenters. The van der Waals surface area contributed by atoms with Crippen molar-refractivity contribution in [2.45, 2.75) is 17.8 Å². The summed E-state index contributed by atoms with van der Waals surface area (Å²) in [6.07, 6.45) is -2.80. The first-order chi connectivity index (χ1) is 15.7. The van der Waals surface area contributed by atoms with Crippen LogP contribution in [0.25, 0.3) is 11.1 Å². The smallest absolute Gasteiger partial charge is 0.462 e. The summed E-state index contributed by atoms with van der Waals surface area (Å²) in [6.45, 7) is 0.158. The van der Waals surface area contributed by atoms with E-state index >= 15 is 0 Å². The maximum absolute atomic E-state index is 12.7. The molecule has 0 radical (unpaired) electrons. The Morgan fingerprint density at radius 3 is 1.91 bits per heavy atom. The van der Waals surface area contributed by atoms with Crippen LogP contribution in [0.2, 0.25) is 0 Å². The molecule has 0 heterocycles. The van der Waals surface area contributed by atoms with Crippen LogP contribution in [0.15, 0.2) is 77.7 Å². The Labute approximate surface area is 193 Å². The van der Waals surface area contributed by atoms with Crippen LogP contribution in [0.1, 0.15) is 5.56 Å². The van der Waals surface area contributed by atoms with Gasteiger partial charge in [0, 0.05) is 10.6 Å². The van der Waals surface area contributed by atoms with Gasteiger partial charge in [0.1, 0.15) is 5.75 Å². The normalized spacial score (nSPS) is 11.1. The van der Waals surface area contributed by atoms with E-state index in [9.17, 15) is 22.8 Å². The van der Waals surface area contributed by atoms with E-state index in [0.29, 0.717) is 16.8 Å². The first-order valence-electron chi connectivity index (χ1n) is 9.69. The minimum Gasteiger partial charge on any atom is -0.462 e. The van der Waals surface area contributed by atoms with Crippen LogP contribution in [0.4, 0.5) is 18.9 Å². The van der Waals surface area contributed by atoms with Crippen molar-refractivity contribution < 1.29 is 32.2 Å². The summed E-state index contributed by atoms with van der Waals surface area (Å²) >= 11 is 1.59. The first-order valence-corrected chi connectivity index (χ1v) is 10.9. The van der Waals surface area contributed by atoms with Crippen LogP contribution in [-0.2, 0) is 20.9 Å². The number of hydrogen-bond donors (Lipinski definition) is 0. The maximum atomic E-state index is 12.7. The number of carbonyl (C=O) groups is 2. The van der Waals surface area contributed by atoms with E-state index in [1.807, 2.05) is 30.5 Å². The molecule has 3 aromatic carbocycles. The monoisotopic (exact) mass is 475 g/mol. The van der Waals surface area contributed by atoms with Gasteiger partial charge >= 0.3 is 18.2 Å². The number of benzene rings is 3. The van der Waals surface area contributed by atoms with Gasteiger partial charge in [-0.2, -0.15) is 0 Å². The molecule has 1 amide bonds. The highest BCUT2D eigenvalue weighted by Gasteiger charge is 2.31. The van der Waals surface area contributed by atoms with Gasteiger partial charge in [0.05, 0.1) is 13.7 Å². The SMILES string of the molecule is COC(=O)C(=O)N(Cc1ccc(SC)cc1)c1ccc(-c2ccc(OC(F)(F)F)cc2)cc1. The lowest BCUT2D eigenvalue weighted by Crippen LogP contribution is -2.36. The fourth-order valence-electron chi connectivity index (χ4n) is 3.07. The lowest BCUT2D eigenvalue weighted by molar-refractivity contribution is -0.274. The van der Waals surface area contributed by atoms with E-state index < -0.39 is 18.2 Å². The van der Waals surface area contributed by atoms with Gasteiger partial charge in [0.25, 0.3) is 0 Å². The highest BCUT2D eigenvalue weighted by Crippen LogP contribution is 2.28. The minimum atomic E-state index is -4.76. The Kier molecular flexibility index (Phi) is 7.65. The predicted molar refractivity (Wildman–Crippen MR) is 120 cm³/mol. The number of esters is 1. The maximum Gasteiger partial charge on any atom is 0.573 e. The fourth-order valence-corrected chi connectivity index (χ4v) is 3.48. The summed E-state index contributed by atoms with van der Waals surface area (Å²) in [7, 11) is 1.14. The number of carbonyl (C=O) groups excluding carboxylic acids is 2. The largest absolute Gasteiger partial charge is 0.573 e. The molecule has 172 valence electrons. The van der Waals surface area contributed by atoms with E-state index in [1.165, 1.54) is 29.2 Å². The van der Waals surface area contributed by atoms with Crippen molar-refractivity contribution in [3.05, 3.63) is 78.4 Å². The molecule has 5 nitrogen and oxygen atoms in total. The van der Waals surface area contributed by atoms with Gasteiger partial charge in [0.2, 0.25) is 0 Å². The van der Waals surface area contributed by atoms with E-state index in [2.05, 4.69) is 9.47 Å². The molecule has 0 aromatic heterocycles. The zero-order valence-electron chi connectivity index (χ0n) is 17.8. The zero-order chi connectivity index (χ0) is 24.0. The number of rotatable bonds is 6. The number of halogens is 3. The van der Waals surface area contributed by atoms with Crippen molar-refractivity contribution in [3.63, 3.8) is 0 Å². The van der Waals surface area contributed by atoms with Gasteiger partial charge in [-0.05, 0) is 59.3 Å². The molecule has 33 heavy (non-hydrogen) atoms. The number of nitrogens with zero attached hydrogens (tertiary/aromatic N) is 1. The predicted octanol–water partition coefficient (Wildman–Crippen LogP) is 5.68. The molecule has 0 bridgehead atoms. The average molecular weight is 475 g/mol. The summed E-state index contributed by atoms with van der Waals surface area (Å²) in [5.41, 5.74) is 2.68. The van der Waals surface area contributed by atoms with Gasteiger partial charge in [-0.15, -0.1) is 24.9 Å². The molecule has 0 atom stereocenters. The second kappa shape index (κ2) is 10.4. The molecular weight excluding hydrogens is 455 g/mol. The summed E-state index contributed by atoms with van der Waals surface area (Å²) in [5, 5.41) is 0. The van der Waals surface area contributed by atoms with E-state index in [-0.39, 0.29) is 12.3 Å². The molecule has 0 aliphatic heterocycles. The molecule has 0 spiro atoms. The number of methoxy groups -OCH3 is 1. The van der Waals surface area contributed by atoms with Crippen molar-refractivity contribution in [1.82, 2.24) is 0 Å². The van der Waals surface area contributed by atoms with Crippen molar-refractivity contribution in [1.29, 1.82) is 0 Å². The molecular formula is C24H20F3NO4S. The van der Waals surface area contributed by atoms with Crippen LogP contribution in [0.3, 0.4) is 0 Å². The lowest BCUT2D eigenvalue weighted by Gasteiger charge is -2.22. The van der Waals surface area contributed by atoms with E-state index in [4.69, 9.17) is 0 Å². The number of hydrogen-bond acceptors (Lipinski definition) is 5. The third-order valence-corrected chi connectivity index (χ3v) is 5.45. The topological polar surface area (TPSA) is 55.8 Å². The van der Waals surface area contributed by atoms with Crippen LogP contribution in [0.5, 0.6) is 5.75 Å². The van der Waals surface area contributed by atoms with Gasteiger partial charge in [-0.1, -0.05) is 36.4 Å². The Balaban J connectivity index is 1.83. The van der Waals surface area contributed by atoms with Crippen molar-refractivity contribution in [2.24, 2.45) is 0 Å². The Bertz CT molecular complexity index is 1100. The third kappa shape index (κ3) is 6.52. The summed E-state index contributed by atoms with van der Waals surface area (Å²) in [6, 6.07) is 19.8. The molecule has 0 fully saturated rings. The molecule has 0 aliphatic rings. The molecule has 9 heteroatoms. The summed E-state index contributed by atoms with van der Waals surface area (Å²) in [4.78, 5) is 27.0. The number of alkyl halides is 3. The molecule has 0 aliphatic carbocycles. The van der Waals surface area contributed by atoms with Crippen molar-refractivity contribution in [2.75, 3.05) is 18.3 Å². The Morgan fingerprint density at radius 2 is 1.42 bits per heavy atom. The molecule has 0 N–H and O–H groups in total. The Hall–Kier alpha value is -3.46.